The van der Waals surface area contributed by atoms with Gasteiger partial charge in [-0.05, 0) is 49.4 Å². The third-order valence-electron chi connectivity index (χ3n) is 6.97. The number of hydrogen-bond donors (Lipinski definition) is 2. The second kappa shape index (κ2) is 8.16. The first-order chi connectivity index (χ1) is 14.7. The van der Waals surface area contributed by atoms with E-state index in [1.165, 1.54) is 0 Å². The van der Waals surface area contributed by atoms with E-state index in [0.29, 0.717) is 30.3 Å². The highest BCUT2D eigenvalue weighted by molar-refractivity contribution is 6.24. The van der Waals surface area contributed by atoms with Gasteiger partial charge in [-0.15, -0.1) is 0 Å². The van der Waals surface area contributed by atoms with E-state index in [0.717, 1.165) is 36.3 Å². The maximum Gasteiger partial charge on any atom is 0.262 e. The number of benzene rings is 1. The monoisotopic (exact) mass is 426 g/mol. The fourth-order valence-corrected chi connectivity index (χ4v) is 5.14. The first-order valence-corrected chi connectivity index (χ1v) is 11.0. The summed E-state index contributed by atoms with van der Waals surface area (Å²) >= 11 is 0. The second-order valence-corrected chi connectivity index (χ2v) is 9.46. The number of carbonyl (C=O) groups is 4. The van der Waals surface area contributed by atoms with Crippen molar-refractivity contribution in [1.29, 1.82) is 0 Å². The maximum absolute atomic E-state index is 13.3. The first kappa shape index (κ1) is 21.6. The van der Waals surface area contributed by atoms with Crippen LogP contribution in [0.1, 0.15) is 72.2 Å². The number of imide groups is 2. The van der Waals surface area contributed by atoms with E-state index in [4.69, 9.17) is 5.73 Å². The number of hydrogen-bond acceptors (Lipinski definition) is 6. The molecule has 0 aromatic heterocycles. The van der Waals surface area contributed by atoms with Gasteiger partial charge in [-0.1, -0.05) is 32.4 Å². The van der Waals surface area contributed by atoms with Crippen molar-refractivity contribution in [2.24, 2.45) is 11.1 Å². The van der Waals surface area contributed by atoms with Gasteiger partial charge >= 0.3 is 0 Å². The molecule has 2 unspecified atom stereocenters. The number of nitrogens with two attached hydrogens (primary N) is 1. The molecule has 3 aliphatic rings. The Hall–Kier alpha value is -2.58. The summed E-state index contributed by atoms with van der Waals surface area (Å²) in [5, 5.41) is 2.24. The Morgan fingerprint density at radius 1 is 1.10 bits per heavy atom. The highest BCUT2D eigenvalue weighted by Crippen LogP contribution is 2.35. The average Bonchev–Trinajstić information content (AvgIpc) is 3.00. The van der Waals surface area contributed by atoms with E-state index in [1.54, 1.807) is 12.1 Å². The third-order valence-corrected chi connectivity index (χ3v) is 6.97. The number of nitrogens with one attached hydrogen (secondary N) is 1. The fraction of sp³-hybridized carbons (Fsp3) is 0.565. The molecule has 3 N–H and O–H groups in total. The van der Waals surface area contributed by atoms with Gasteiger partial charge in [0.15, 0.2) is 0 Å². The van der Waals surface area contributed by atoms with Gasteiger partial charge < -0.3 is 5.73 Å². The molecule has 1 aromatic carbocycles. The van der Waals surface area contributed by atoms with Crippen LogP contribution in [0, 0.1) is 5.41 Å². The topological polar surface area (TPSA) is 113 Å². The molecule has 8 nitrogen and oxygen atoms in total. The number of piperidine rings is 2. The van der Waals surface area contributed by atoms with E-state index in [1.807, 2.05) is 6.07 Å². The smallest absolute Gasteiger partial charge is 0.262 e. The van der Waals surface area contributed by atoms with Gasteiger partial charge in [-0.2, -0.15) is 0 Å². The number of carbonyl (C=O) groups excluding carboxylic acids is 4. The van der Waals surface area contributed by atoms with Crippen molar-refractivity contribution in [2.45, 2.75) is 64.6 Å². The van der Waals surface area contributed by atoms with Crippen LogP contribution >= 0.6 is 0 Å². The van der Waals surface area contributed by atoms with E-state index >= 15 is 0 Å². The average molecular weight is 427 g/mol. The summed E-state index contributed by atoms with van der Waals surface area (Å²) in [5.74, 6) is -1.88. The molecule has 2 saturated heterocycles. The zero-order valence-electron chi connectivity index (χ0n) is 18.1. The normalized spacial score (nSPS) is 25.1. The van der Waals surface area contributed by atoms with Crippen LogP contribution in [0.4, 0.5) is 0 Å². The quantitative estimate of drug-likeness (QED) is 0.689. The molecule has 0 radical (unpaired) electrons. The first-order valence-electron chi connectivity index (χ1n) is 11.0. The van der Waals surface area contributed by atoms with Gasteiger partial charge in [-0.3, -0.25) is 34.3 Å². The summed E-state index contributed by atoms with van der Waals surface area (Å²) < 4.78 is 0. The second-order valence-electron chi connectivity index (χ2n) is 9.46. The van der Waals surface area contributed by atoms with Gasteiger partial charge in [0.2, 0.25) is 11.8 Å². The Morgan fingerprint density at radius 2 is 1.87 bits per heavy atom. The Labute approximate surface area is 182 Å². The van der Waals surface area contributed by atoms with Gasteiger partial charge in [-0.25, -0.2) is 0 Å². The molecule has 1 aromatic rings. The Bertz CT molecular complexity index is 942. The highest BCUT2D eigenvalue weighted by Gasteiger charge is 2.46. The standard InChI is InChI=1S/C23H30N4O4/c1-23(2,13-24)17-8-3-4-11-26(17)12-14-6-5-7-15-19(14)22(31)27(21(15)30)16-9-10-18(28)25-20(16)29/h5-7,16-17H,3-4,8-13,24H2,1-2H3,(H,25,28,29). The van der Waals surface area contributed by atoms with Crippen LogP contribution in [0.15, 0.2) is 18.2 Å². The number of nitrogens with zero attached hydrogens (tertiary/aromatic N) is 2. The van der Waals surface area contributed by atoms with Crippen LogP contribution in [0.2, 0.25) is 0 Å². The van der Waals surface area contributed by atoms with Crippen LogP contribution < -0.4 is 11.1 Å². The largest absolute Gasteiger partial charge is 0.330 e. The summed E-state index contributed by atoms with van der Waals surface area (Å²) in [4.78, 5) is 53.6. The van der Waals surface area contributed by atoms with Crippen LogP contribution in [0.5, 0.6) is 0 Å². The van der Waals surface area contributed by atoms with Crippen LogP contribution in [-0.2, 0) is 16.1 Å². The van der Waals surface area contributed by atoms with Crippen molar-refractivity contribution in [3.8, 4) is 0 Å². The predicted molar refractivity (Wildman–Crippen MR) is 114 cm³/mol. The number of fused-ring (bicyclic) bond motifs is 1. The number of amides is 4. The molecular weight excluding hydrogens is 396 g/mol. The summed E-state index contributed by atoms with van der Waals surface area (Å²) in [6.07, 6.45) is 3.55. The van der Waals surface area contributed by atoms with Crippen molar-refractivity contribution >= 4 is 23.6 Å². The molecule has 166 valence electrons. The number of likely N-dealkylation sites (tertiary alicyclic amines) is 1. The molecule has 2 atom stereocenters. The molecule has 31 heavy (non-hydrogen) atoms. The van der Waals surface area contributed by atoms with E-state index in [9.17, 15) is 19.2 Å². The molecule has 4 rings (SSSR count). The summed E-state index contributed by atoms with van der Waals surface area (Å²) in [6, 6.07) is 4.67. The molecule has 8 heteroatoms. The molecule has 0 spiro atoms. The minimum absolute atomic E-state index is 0.0586. The minimum Gasteiger partial charge on any atom is -0.330 e. The van der Waals surface area contributed by atoms with Crippen molar-refractivity contribution in [2.75, 3.05) is 13.1 Å². The Morgan fingerprint density at radius 3 is 2.58 bits per heavy atom. The zero-order valence-corrected chi connectivity index (χ0v) is 18.1. The molecule has 0 bridgehead atoms. The number of rotatable bonds is 5. The van der Waals surface area contributed by atoms with Gasteiger partial charge in [0.1, 0.15) is 6.04 Å². The van der Waals surface area contributed by atoms with Crippen LogP contribution in [-0.4, -0.2) is 58.6 Å². The minimum atomic E-state index is -0.947. The highest BCUT2D eigenvalue weighted by atomic mass is 16.2. The van der Waals surface area contributed by atoms with E-state index in [2.05, 4.69) is 24.1 Å². The van der Waals surface area contributed by atoms with Gasteiger partial charge in [0.25, 0.3) is 11.8 Å². The summed E-state index contributed by atoms with van der Waals surface area (Å²) in [7, 11) is 0. The van der Waals surface area contributed by atoms with Crippen molar-refractivity contribution in [3.63, 3.8) is 0 Å². The van der Waals surface area contributed by atoms with E-state index in [-0.39, 0.29) is 24.2 Å². The summed E-state index contributed by atoms with van der Waals surface area (Å²) in [6.45, 7) is 6.38. The Kier molecular flexibility index (Phi) is 5.70. The lowest BCUT2D eigenvalue weighted by Crippen LogP contribution is -2.54. The molecule has 2 fully saturated rings. The molecule has 3 aliphatic heterocycles. The SMILES string of the molecule is CC(C)(CN)C1CCCCN1Cc1cccc2c1C(=O)N(C1CCC(=O)NC1=O)C2=O. The Balaban J connectivity index is 1.63. The third kappa shape index (κ3) is 3.78. The molecule has 3 heterocycles. The lowest BCUT2D eigenvalue weighted by Gasteiger charge is -2.45. The molecule has 4 amide bonds. The van der Waals surface area contributed by atoms with Crippen molar-refractivity contribution in [3.05, 3.63) is 34.9 Å². The molecule has 0 saturated carbocycles. The van der Waals surface area contributed by atoms with Crippen molar-refractivity contribution < 1.29 is 19.2 Å². The molecular formula is C23H30N4O4. The van der Waals surface area contributed by atoms with E-state index < -0.39 is 23.8 Å². The van der Waals surface area contributed by atoms with Crippen molar-refractivity contribution in [1.82, 2.24) is 15.1 Å². The lowest BCUT2D eigenvalue weighted by atomic mass is 9.78. The maximum atomic E-state index is 13.3. The summed E-state index contributed by atoms with van der Waals surface area (Å²) in [5.41, 5.74) is 7.50. The van der Waals surface area contributed by atoms with Gasteiger partial charge in [0, 0.05) is 19.0 Å². The zero-order chi connectivity index (χ0) is 22.3. The predicted octanol–water partition coefficient (Wildman–Crippen LogP) is 1.43. The van der Waals surface area contributed by atoms with Crippen LogP contribution in [0.3, 0.4) is 0 Å². The van der Waals surface area contributed by atoms with Crippen LogP contribution in [0.25, 0.3) is 0 Å². The molecule has 0 aliphatic carbocycles. The fourth-order valence-electron chi connectivity index (χ4n) is 5.14. The lowest BCUT2D eigenvalue weighted by molar-refractivity contribution is -0.136. The van der Waals surface area contributed by atoms with Gasteiger partial charge in [0.05, 0.1) is 11.1 Å².